The Morgan fingerprint density at radius 1 is 0.837 bits per heavy atom. The lowest BCUT2D eigenvalue weighted by molar-refractivity contribution is -0.348. The summed E-state index contributed by atoms with van der Waals surface area (Å²) in [7, 11) is 0. The molecule has 0 bridgehead atoms. The van der Waals surface area contributed by atoms with Crippen molar-refractivity contribution in [1.82, 2.24) is 4.98 Å². The van der Waals surface area contributed by atoms with Crippen molar-refractivity contribution in [3.63, 3.8) is 0 Å². The molecule has 6 nitrogen and oxygen atoms in total. The number of hydrogen-bond acceptors (Lipinski definition) is 4. The first kappa shape index (κ1) is 31.7. The number of aromatic nitrogens is 1. The van der Waals surface area contributed by atoms with Gasteiger partial charge in [-0.2, -0.15) is 39.5 Å². The van der Waals surface area contributed by atoms with Crippen molar-refractivity contribution in [3.05, 3.63) is 87.5 Å². The van der Waals surface area contributed by atoms with Gasteiger partial charge in [0.2, 0.25) is 0 Å². The maximum absolute atomic E-state index is 15.2. The molecule has 4 aromatic rings. The van der Waals surface area contributed by atoms with E-state index in [1.165, 1.54) is 18.4 Å². The second-order valence-corrected chi connectivity index (χ2v) is 9.49. The number of amides is 2. The van der Waals surface area contributed by atoms with Crippen molar-refractivity contribution in [2.24, 2.45) is 0 Å². The molecule has 0 saturated heterocycles. The fraction of sp³-hybridized carbons (Fsp3) is 0.160. The highest BCUT2D eigenvalue weighted by Gasteiger charge is 2.73. The normalized spacial score (nSPS) is 12.8. The highest BCUT2D eigenvalue weighted by molar-refractivity contribution is 9.10. The van der Waals surface area contributed by atoms with Gasteiger partial charge in [-0.05, 0) is 46.3 Å². The number of anilines is 2. The van der Waals surface area contributed by atoms with E-state index >= 15 is 4.39 Å². The van der Waals surface area contributed by atoms with E-state index in [-0.39, 0.29) is 17.2 Å². The molecule has 0 atom stereocenters. The van der Waals surface area contributed by atoms with Crippen molar-refractivity contribution in [3.8, 4) is 0 Å². The van der Waals surface area contributed by atoms with Gasteiger partial charge >= 0.3 is 24.2 Å². The summed E-state index contributed by atoms with van der Waals surface area (Å²) in [6.45, 7) is 0. The third-order valence-electron chi connectivity index (χ3n) is 5.87. The molecule has 0 aliphatic rings. The van der Waals surface area contributed by atoms with Crippen molar-refractivity contribution in [1.29, 1.82) is 0 Å². The molecule has 2 aromatic carbocycles. The molecule has 2 heterocycles. The van der Waals surface area contributed by atoms with E-state index in [9.17, 15) is 53.5 Å². The van der Waals surface area contributed by atoms with E-state index in [1.807, 2.05) is 0 Å². The second kappa shape index (κ2) is 10.8. The molecule has 18 heteroatoms. The number of alkyl halides is 10. The third kappa shape index (κ3) is 5.87. The maximum Gasteiger partial charge on any atom is 0.435 e. The summed E-state index contributed by atoms with van der Waals surface area (Å²) in [5.74, 6) is -4.08. The number of carbonyl (C=O) groups excluding carboxylic acids is 2. The Bertz CT molecular complexity index is 1720. The molecule has 43 heavy (non-hydrogen) atoms. The van der Waals surface area contributed by atoms with E-state index in [4.69, 9.17) is 4.42 Å². The van der Waals surface area contributed by atoms with Crippen LogP contribution in [0.25, 0.3) is 11.1 Å². The van der Waals surface area contributed by atoms with Gasteiger partial charge in [0.15, 0.2) is 11.4 Å². The molecule has 2 amide bonds. The number of hydrogen-bond donors (Lipinski definition) is 2. The molecule has 4 rings (SSSR count). The average Bonchev–Trinajstić information content (AvgIpc) is 3.36. The zero-order valence-electron chi connectivity index (χ0n) is 20.4. The van der Waals surface area contributed by atoms with Gasteiger partial charge in [-0.15, -0.1) is 0 Å². The first-order valence-corrected chi connectivity index (χ1v) is 12.0. The number of furan rings is 1. The number of halogens is 12. The van der Waals surface area contributed by atoms with E-state index < -0.39 is 80.4 Å². The minimum atomic E-state index is -6.73. The molecular weight excluding hydrogens is 679 g/mol. The zero-order valence-corrected chi connectivity index (χ0v) is 22.0. The fourth-order valence-electron chi connectivity index (χ4n) is 3.79. The Labute approximate surface area is 240 Å². The fourth-order valence-corrected chi connectivity index (χ4v) is 4.35. The van der Waals surface area contributed by atoms with Gasteiger partial charge in [0.1, 0.15) is 5.52 Å². The molecule has 2 N–H and O–H groups in total. The van der Waals surface area contributed by atoms with Crippen molar-refractivity contribution >= 4 is 50.2 Å². The van der Waals surface area contributed by atoms with Crippen LogP contribution in [0.1, 0.15) is 31.8 Å². The van der Waals surface area contributed by atoms with Gasteiger partial charge in [0.05, 0.1) is 34.3 Å². The molecule has 0 spiro atoms. The van der Waals surface area contributed by atoms with Crippen LogP contribution in [-0.4, -0.2) is 29.2 Å². The summed E-state index contributed by atoms with van der Waals surface area (Å²) in [4.78, 5) is 29.3. The number of rotatable bonds is 5. The van der Waals surface area contributed by atoms with Gasteiger partial charge in [-0.3, -0.25) is 14.6 Å². The molecule has 0 aliphatic carbocycles. The lowest BCUT2D eigenvalue weighted by Gasteiger charge is -2.31. The summed E-state index contributed by atoms with van der Waals surface area (Å²) in [6.07, 6.45) is -16.8. The minimum absolute atomic E-state index is 0.114. The molecule has 228 valence electrons. The van der Waals surface area contributed by atoms with Crippen LogP contribution in [0.3, 0.4) is 0 Å². The number of nitrogens with zero attached hydrogens (tertiary/aromatic N) is 1. The molecule has 0 unspecified atom stereocenters. The smallest absolute Gasteiger partial charge is 0.435 e. The lowest BCUT2D eigenvalue weighted by atomic mass is 9.92. The van der Waals surface area contributed by atoms with E-state index in [1.54, 1.807) is 5.32 Å². The van der Waals surface area contributed by atoms with Crippen LogP contribution in [-0.2, 0) is 11.8 Å². The van der Waals surface area contributed by atoms with E-state index in [0.717, 1.165) is 24.4 Å². The molecule has 0 fully saturated rings. The van der Waals surface area contributed by atoms with Crippen molar-refractivity contribution in [2.75, 3.05) is 10.6 Å². The standard InChI is InChI=1S/C25H11BrF11N3O3/c26-14-8-11(22(28,24(32,33)34)25(35,36)37)7-13(23(29,30)31)19(14)40-21(42)12-2-1-3-16(18(12)27)39-20(41)10-6-17-15(38-9-10)4-5-43-17/h1-9H,(H,39,41)(H,40,42). The summed E-state index contributed by atoms with van der Waals surface area (Å²) in [5, 5.41) is 3.68. The second-order valence-electron chi connectivity index (χ2n) is 8.64. The number of fused-ring (bicyclic) bond motifs is 1. The predicted molar refractivity (Wildman–Crippen MR) is 130 cm³/mol. The zero-order chi connectivity index (χ0) is 32.1. The molecule has 0 saturated carbocycles. The van der Waals surface area contributed by atoms with Crippen molar-refractivity contribution < 1.29 is 62.3 Å². The third-order valence-corrected chi connectivity index (χ3v) is 6.50. The van der Waals surface area contributed by atoms with Gasteiger partial charge in [-0.1, -0.05) is 6.07 Å². The minimum Gasteiger partial charge on any atom is -0.463 e. The summed E-state index contributed by atoms with van der Waals surface area (Å²) in [5.41, 5.74) is -13.6. The Morgan fingerprint density at radius 2 is 1.49 bits per heavy atom. The number of nitrogens with one attached hydrogen (secondary N) is 2. The molecular formula is C25H11BrF11N3O3. The number of pyridine rings is 1. The Morgan fingerprint density at radius 3 is 2.09 bits per heavy atom. The van der Waals surface area contributed by atoms with Crippen LogP contribution in [0.2, 0.25) is 0 Å². The Balaban J connectivity index is 1.69. The highest BCUT2D eigenvalue weighted by atomic mass is 79.9. The summed E-state index contributed by atoms with van der Waals surface area (Å²) < 4.78 is 154. The number of carbonyl (C=O) groups is 2. The SMILES string of the molecule is O=C(Nc1cccc(C(=O)Nc2c(Br)cc(C(F)(C(F)(F)F)C(F)(F)F)cc2C(F)(F)F)c1F)c1cnc2ccoc2c1. The topological polar surface area (TPSA) is 84.2 Å². The van der Waals surface area contributed by atoms with Gasteiger partial charge in [0.25, 0.3) is 11.8 Å². The Kier molecular flexibility index (Phi) is 7.97. The monoisotopic (exact) mass is 689 g/mol. The van der Waals surface area contributed by atoms with Gasteiger partial charge < -0.3 is 15.1 Å². The quantitative estimate of drug-likeness (QED) is 0.206. The first-order chi connectivity index (χ1) is 19.8. The van der Waals surface area contributed by atoms with Gasteiger partial charge in [0, 0.05) is 22.3 Å². The Hall–Kier alpha value is -4.22. The molecule has 0 aliphatic heterocycles. The predicted octanol–water partition coefficient (Wildman–Crippen LogP) is 8.54. The highest BCUT2D eigenvalue weighted by Crippen LogP contribution is 2.55. The van der Waals surface area contributed by atoms with Crippen molar-refractivity contribution in [2.45, 2.75) is 24.2 Å². The average molecular weight is 690 g/mol. The van der Waals surface area contributed by atoms with Crippen LogP contribution in [0.5, 0.6) is 0 Å². The molecule has 0 radical (unpaired) electrons. The van der Waals surface area contributed by atoms with Crippen LogP contribution < -0.4 is 10.6 Å². The molecule has 2 aromatic heterocycles. The van der Waals surface area contributed by atoms with E-state index in [0.29, 0.717) is 5.52 Å². The van der Waals surface area contributed by atoms with Gasteiger partial charge in [-0.25, -0.2) is 8.78 Å². The summed E-state index contributed by atoms with van der Waals surface area (Å²) in [6, 6.07) is 4.48. The van der Waals surface area contributed by atoms with E-state index in [2.05, 4.69) is 26.2 Å². The van der Waals surface area contributed by atoms with Crippen LogP contribution in [0, 0.1) is 5.82 Å². The van der Waals surface area contributed by atoms with Crippen LogP contribution >= 0.6 is 15.9 Å². The number of benzene rings is 2. The van der Waals surface area contributed by atoms with Crippen LogP contribution in [0.4, 0.5) is 59.7 Å². The maximum atomic E-state index is 15.2. The first-order valence-electron chi connectivity index (χ1n) is 11.2. The largest absolute Gasteiger partial charge is 0.463 e. The lowest BCUT2D eigenvalue weighted by Crippen LogP contribution is -2.50. The summed E-state index contributed by atoms with van der Waals surface area (Å²) >= 11 is 2.34. The van der Waals surface area contributed by atoms with Crippen LogP contribution in [0.15, 0.2) is 63.8 Å².